The maximum atomic E-state index is 12.6. The van der Waals surface area contributed by atoms with Gasteiger partial charge in [0.05, 0.1) is 10.9 Å². The number of aromatic nitrogens is 2. The van der Waals surface area contributed by atoms with E-state index in [1.165, 1.54) is 4.57 Å². The van der Waals surface area contributed by atoms with Gasteiger partial charge in [-0.05, 0) is 56.2 Å². The number of nitrogens with one attached hydrogen (secondary N) is 3. The van der Waals surface area contributed by atoms with E-state index in [9.17, 15) is 14.4 Å². The third-order valence-electron chi connectivity index (χ3n) is 4.83. The molecule has 1 aliphatic rings. The second-order valence-corrected chi connectivity index (χ2v) is 6.92. The smallest absolute Gasteiger partial charge is 0.269 e. The van der Waals surface area contributed by atoms with Crippen molar-refractivity contribution in [1.29, 1.82) is 0 Å². The highest BCUT2D eigenvalue weighted by Gasteiger charge is 2.29. The average Bonchev–Trinajstić information content (AvgIpc) is 3.58. The summed E-state index contributed by atoms with van der Waals surface area (Å²) in [6.45, 7) is 2.24. The van der Waals surface area contributed by atoms with Gasteiger partial charge in [-0.1, -0.05) is 12.1 Å². The molecule has 0 bridgehead atoms. The Hall–Kier alpha value is -3.68. The Kier molecular flexibility index (Phi) is 4.99. The summed E-state index contributed by atoms with van der Waals surface area (Å²) in [4.78, 5) is 41.3. The summed E-state index contributed by atoms with van der Waals surface area (Å²) in [6, 6.07) is 13.7. The number of hydrogen-bond donors (Lipinski definition) is 3. The van der Waals surface area contributed by atoms with Crippen LogP contribution in [0.1, 0.15) is 30.1 Å². The van der Waals surface area contributed by atoms with Crippen LogP contribution in [-0.2, 0) is 11.3 Å². The number of fused-ring (bicyclic) bond motifs is 1. The summed E-state index contributed by atoms with van der Waals surface area (Å²) in [5.41, 5.74) is 6.76. The van der Waals surface area contributed by atoms with Crippen molar-refractivity contribution >= 4 is 34.4 Å². The highest BCUT2D eigenvalue weighted by molar-refractivity contribution is 5.97. The van der Waals surface area contributed by atoms with E-state index >= 15 is 0 Å². The predicted octanol–water partition coefficient (Wildman–Crippen LogP) is 2.52. The van der Waals surface area contributed by atoms with E-state index in [2.05, 4.69) is 21.2 Å². The van der Waals surface area contributed by atoms with Crippen LogP contribution < -0.4 is 21.7 Å². The van der Waals surface area contributed by atoms with Gasteiger partial charge in [0.15, 0.2) is 0 Å². The molecule has 0 atom stereocenters. The van der Waals surface area contributed by atoms with Gasteiger partial charge in [-0.2, -0.15) is 0 Å². The van der Waals surface area contributed by atoms with Gasteiger partial charge in [0.25, 0.3) is 11.5 Å². The normalized spacial score (nSPS) is 13.1. The highest BCUT2D eigenvalue weighted by Crippen LogP contribution is 2.30. The van der Waals surface area contributed by atoms with Gasteiger partial charge in [0, 0.05) is 23.7 Å². The summed E-state index contributed by atoms with van der Waals surface area (Å²) in [6.07, 6.45) is 1.87. The number of nitrogens with zero attached hydrogens (tertiary/aromatic N) is 2. The van der Waals surface area contributed by atoms with Crippen molar-refractivity contribution in [2.75, 3.05) is 10.7 Å². The number of para-hydroxylation sites is 1. The van der Waals surface area contributed by atoms with Crippen molar-refractivity contribution in [2.45, 2.75) is 26.3 Å². The van der Waals surface area contributed by atoms with E-state index in [-0.39, 0.29) is 29.2 Å². The quantitative estimate of drug-likeness (QED) is 0.560. The number of hydrazine groups is 1. The van der Waals surface area contributed by atoms with E-state index in [4.69, 9.17) is 0 Å². The van der Waals surface area contributed by atoms with Gasteiger partial charge < -0.3 is 5.32 Å². The first-order valence-corrected chi connectivity index (χ1v) is 9.53. The molecule has 1 aliphatic carbocycles. The van der Waals surface area contributed by atoms with Crippen molar-refractivity contribution in [1.82, 2.24) is 15.0 Å². The van der Waals surface area contributed by atoms with Gasteiger partial charge in [-0.15, -0.1) is 0 Å². The van der Waals surface area contributed by atoms with Crippen LogP contribution in [0.15, 0.2) is 53.3 Å². The van der Waals surface area contributed by atoms with E-state index in [1.807, 2.05) is 6.92 Å². The van der Waals surface area contributed by atoms with Gasteiger partial charge >= 0.3 is 0 Å². The van der Waals surface area contributed by atoms with Crippen molar-refractivity contribution in [3.05, 3.63) is 64.4 Å². The minimum atomic E-state index is -0.380. The molecule has 2 aromatic carbocycles. The fraction of sp³-hybridized carbons (Fsp3) is 0.238. The van der Waals surface area contributed by atoms with Crippen LogP contribution in [0.2, 0.25) is 0 Å². The third kappa shape index (κ3) is 3.96. The number of amides is 2. The van der Waals surface area contributed by atoms with Crippen molar-refractivity contribution < 1.29 is 9.59 Å². The molecule has 1 fully saturated rings. The van der Waals surface area contributed by atoms with Crippen LogP contribution in [0, 0.1) is 5.92 Å². The van der Waals surface area contributed by atoms with E-state index < -0.39 is 0 Å². The lowest BCUT2D eigenvalue weighted by Crippen LogP contribution is -2.34. The zero-order chi connectivity index (χ0) is 20.4. The Morgan fingerprint density at radius 3 is 2.52 bits per heavy atom. The molecule has 8 heteroatoms. The second-order valence-electron chi connectivity index (χ2n) is 6.92. The maximum Gasteiger partial charge on any atom is 0.269 e. The highest BCUT2D eigenvalue weighted by atomic mass is 16.2. The maximum absolute atomic E-state index is 12.6. The fourth-order valence-corrected chi connectivity index (χ4v) is 3.04. The molecule has 148 valence electrons. The molecule has 29 heavy (non-hydrogen) atoms. The van der Waals surface area contributed by atoms with E-state index in [1.54, 1.807) is 48.5 Å². The van der Waals surface area contributed by atoms with Crippen LogP contribution in [0.3, 0.4) is 0 Å². The Balaban J connectivity index is 1.46. The first-order valence-electron chi connectivity index (χ1n) is 9.53. The molecule has 0 unspecified atom stereocenters. The number of carbonyl (C=O) groups is 2. The molecular formula is C21H21N5O3. The summed E-state index contributed by atoms with van der Waals surface area (Å²) in [5.74, 6) is 0.0181. The van der Waals surface area contributed by atoms with E-state index in [0.717, 1.165) is 12.8 Å². The number of benzene rings is 2. The van der Waals surface area contributed by atoms with Crippen LogP contribution in [0.25, 0.3) is 10.9 Å². The largest absolute Gasteiger partial charge is 0.326 e. The lowest BCUT2D eigenvalue weighted by molar-refractivity contribution is -0.117. The fourth-order valence-electron chi connectivity index (χ4n) is 3.04. The molecule has 4 rings (SSSR count). The summed E-state index contributed by atoms with van der Waals surface area (Å²) in [7, 11) is 0. The van der Waals surface area contributed by atoms with Crippen molar-refractivity contribution in [2.24, 2.45) is 5.92 Å². The summed E-state index contributed by atoms with van der Waals surface area (Å²) >= 11 is 0. The van der Waals surface area contributed by atoms with Crippen molar-refractivity contribution in [3.8, 4) is 0 Å². The van der Waals surface area contributed by atoms with Crippen molar-refractivity contribution in [3.63, 3.8) is 0 Å². The molecule has 1 saturated carbocycles. The van der Waals surface area contributed by atoms with Crippen LogP contribution in [0.4, 0.5) is 11.6 Å². The standard InChI is InChI=1S/C21H21N5O3/c1-2-26-20(29)16-5-3-4-6-17(16)23-21(26)25-24-19(28)14-9-11-15(12-10-14)22-18(27)13-7-8-13/h3-6,9-13H,2,7-8H2,1H3,(H,22,27)(H,23,25)(H,24,28). The van der Waals surface area contributed by atoms with Crippen LogP contribution in [0.5, 0.6) is 0 Å². The molecule has 3 aromatic rings. The Morgan fingerprint density at radius 2 is 1.83 bits per heavy atom. The zero-order valence-electron chi connectivity index (χ0n) is 15.9. The van der Waals surface area contributed by atoms with Crippen LogP contribution in [-0.4, -0.2) is 21.4 Å². The molecule has 0 radical (unpaired) electrons. The number of rotatable bonds is 6. The molecule has 3 N–H and O–H groups in total. The number of anilines is 2. The lowest BCUT2D eigenvalue weighted by atomic mass is 10.2. The molecule has 1 aromatic heterocycles. The average molecular weight is 391 g/mol. The minimum Gasteiger partial charge on any atom is -0.326 e. The molecule has 2 amide bonds. The van der Waals surface area contributed by atoms with Gasteiger partial charge in [0.1, 0.15) is 0 Å². The molecule has 0 spiro atoms. The summed E-state index contributed by atoms with van der Waals surface area (Å²) < 4.78 is 1.46. The molecule has 8 nitrogen and oxygen atoms in total. The minimum absolute atomic E-state index is 0.0174. The number of hydrogen-bond acceptors (Lipinski definition) is 5. The molecular weight excluding hydrogens is 370 g/mol. The second kappa shape index (κ2) is 7.75. The SMILES string of the molecule is CCn1c(NNC(=O)c2ccc(NC(=O)C3CC3)cc2)nc2ccccc2c1=O. The first-order chi connectivity index (χ1) is 14.1. The van der Waals surface area contributed by atoms with Gasteiger partial charge in [0.2, 0.25) is 11.9 Å². The Labute approximate surface area is 166 Å². The Bertz CT molecular complexity index is 1130. The van der Waals surface area contributed by atoms with Crippen LogP contribution >= 0.6 is 0 Å². The number of carbonyl (C=O) groups excluding carboxylic acids is 2. The van der Waals surface area contributed by atoms with Gasteiger partial charge in [-0.3, -0.25) is 29.8 Å². The third-order valence-corrected chi connectivity index (χ3v) is 4.83. The molecule has 0 aliphatic heterocycles. The first kappa shape index (κ1) is 18.7. The molecule has 1 heterocycles. The summed E-state index contributed by atoms with van der Waals surface area (Å²) in [5, 5.41) is 3.36. The predicted molar refractivity (Wildman–Crippen MR) is 111 cm³/mol. The molecule has 0 saturated heterocycles. The monoisotopic (exact) mass is 391 g/mol. The zero-order valence-corrected chi connectivity index (χ0v) is 15.9. The lowest BCUT2D eigenvalue weighted by Gasteiger charge is -2.14. The Morgan fingerprint density at radius 1 is 1.10 bits per heavy atom. The van der Waals surface area contributed by atoms with Gasteiger partial charge in [-0.25, -0.2) is 4.98 Å². The van der Waals surface area contributed by atoms with E-state index in [0.29, 0.717) is 28.7 Å². The topological polar surface area (TPSA) is 105 Å².